The number of hydrogen-bond acceptors (Lipinski definition) is 3. The van der Waals surface area contributed by atoms with E-state index in [1.165, 1.54) is 0 Å². The third-order valence-corrected chi connectivity index (χ3v) is 1.95. The zero-order valence-corrected chi connectivity index (χ0v) is 9.04. The summed E-state index contributed by atoms with van der Waals surface area (Å²) in [6.07, 6.45) is -5.25. The van der Waals surface area contributed by atoms with E-state index >= 15 is 0 Å². The molecule has 92 valence electrons. The molecule has 0 spiro atoms. The van der Waals surface area contributed by atoms with E-state index in [9.17, 15) is 13.2 Å². The third kappa shape index (κ3) is 3.86. The second-order valence-corrected chi connectivity index (χ2v) is 3.65. The largest absolute Gasteiger partial charge is 0.464 e. The number of nitrogens with two attached hydrogens (primary N) is 1. The second kappa shape index (κ2) is 4.88. The average Bonchev–Trinajstić information content (AvgIpc) is 2.49. The molecule has 0 aliphatic rings. The lowest BCUT2D eigenvalue weighted by molar-refractivity contribution is -0.189. The van der Waals surface area contributed by atoms with Gasteiger partial charge in [0.1, 0.15) is 24.2 Å². The van der Waals surface area contributed by atoms with Gasteiger partial charge in [-0.3, -0.25) is 0 Å². The van der Waals surface area contributed by atoms with Crippen molar-refractivity contribution in [1.82, 2.24) is 0 Å². The highest BCUT2D eigenvalue weighted by molar-refractivity contribution is 5.09. The molecular formula is C10H14F3NO2. The van der Waals surface area contributed by atoms with E-state index in [0.717, 1.165) is 0 Å². The zero-order valence-electron chi connectivity index (χ0n) is 9.04. The average molecular weight is 237 g/mol. The van der Waals surface area contributed by atoms with Gasteiger partial charge in [-0.15, -0.1) is 0 Å². The van der Waals surface area contributed by atoms with Crippen LogP contribution < -0.4 is 5.73 Å². The van der Waals surface area contributed by atoms with Crippen LogP contribution in [0.15, 0.2) is 16.5 Å². The molecule has 3 nitrogen and oxygen atoms in total. The molecule has 6 heteroatoms. The predicted octanol–water partition coefficient (Wildman–Crippen LogP) is 2.56. The van der Waals surface area contributed by atoms with E-state index in [4.69, 9.17) is 14.9 Å². The topological polar surface area (TPSA) is 48.4 Å². The summed E-state index contributed by atoms with van der Waals surface area (Å²) in [5, 5.41) is 0. The van der Waals surface area contributed by atoms with Crippen LogP contribution in [0.2, 0.25) is 0 Å². The maximum atomic E-state index is 12.0. The molecule has 0 aliphatic heterocycles. The number of ether oxygens (including phenoxy) is 1. The summed E-state index contributed by atoms with van der Waals surface area (Å²) in [7, 11) is 0. The molecule has 2 unspecified atom stereocenters. The standard InChI is InChI=1S/C10H14F3NO2/c1-6-3-4-8(16-6)9(7(2)14)15-5-10(11,12)13/h3-4,7,9H,5,14H2,1-2H3. The van der Waals surface area contributed by atoms with E-state index in [0.29, 0.717) is 11.5 Å². The van der Waals surface area contributed by atoms with Gasteiger partial charge in [-0.2, -0.15) is 13.2 Å². The normalized spacial score (nSPS) is 16.1. The highest BCUT2D eigenvalue weighted by Crippen LogP contribution is 2.25. The Balaban J connectivity index is 2.69. The first kappa shape index (κ1) is 13.1. The molecule has 1 rings (SSSR count). The number of hydrogen-bond donors (Lipinski definition) is 1. The number of halogens is 3. The third-order valence-electron chi connectivity index (χ3n) is 1.95. The summed E-state index contributed by atoms with van der Waals surface area (Å²) < 4.78 is 45.9. The van der Waals surface area contributed by atoms with Crippen LogP contribution in [0.1, 0.15) is 24.5 Å². The Morgan fingerprint density at radius 1 is 1.44 bits per heavy atom. The van der Waals surface area contributed by atoms with Crippen molar-refractivity contribution in [3.8, 4) is 0 Å². The molecule has 1 heterocycles. The van der Waals surface area contributed by atoms with Gasteiger partial charge in [0.2, 0.25) is 0 Å². The van der Waals surface area contributed by atoms with E-state index in [-0.39, 0.29) is 0 Å². The van der Waals surface area contributed by atoms with Crippen LogP contribution in [0.4, 0.5) is 13.2 Å². The maximum absolute atomic E-state index is 12.0. The second-order valence-electron chi connectivity index (χ2n) is 3.65. The molecule has 0 saturated heterocycles. The molecule has 0 saturated carbocycles. The van der Waals surface area contributed by atoms with Gasteiger partial charge in [-0.05, 0) is 26.0 Å². The number of furan rings is 1. The fourth-order valence-electron chi connectivity index (χ4n) is 1.28. The van der Waals surface area contributed by atoms with Gasteiger partial charge in [0.05, 0.1) is 0 Å². The minimum absolute atomic E-state index is 0.316. The van der Waals surface area contributed by atoms with Crippen molar-refractivity contribution < 1.29 is 22.3 Å². The van der Waals surface area contributed by atoms with Crippen LogP contribution in [0, 0.1) is 6.92 Å². The Labute approximate surface area is 91.4 Å². The Bertz CT molecular complexity index is 333. The van der Waals surface area contributed by atoms with Crippen molar-refractivity contribution in [2.75, 3.05) is 6.61 Å². The minimum Gasteiger partial charge on any atom is -0.464 e. The van der Waals surface area contributed by atoms with E-state index < -0.39 is 24.9 Å². The summed E-state index contributed by atoms with van der Waals surface area (Å²) in [4.78, 5) is 0. The SMILES string of the molecule is Cc1ccc(C(OCC(F)(F)F)C(C)N)o1. The smallest absolute Gasteiger partial charge is 0.411 e. The quantitative estimate of drug-likeness (QED) is 0.875. The summed E-state index contributed by atoms with van der Waals surface area (Å²) in [6.45, 7) is 1.93. The first-order valence-corrected chi connectivity index (χ1v) is 4.80. The molecule has 0 aliphatic carbocycles. The van der Waals surface area contributed by atoms with Crippen molar-refractivity contribution in [2.24, 2.45) is 5.73 Å². The maximum Gasteiger partial charge on any atom is 0.411 e. The fourth-order valence-corrected chi connectivity index (χ4v) is 1.28. The van der Waals surface area contributed by atoms with Gasteiger partial charge in [-0.25, -0.2) is 0 Å². The predicted molar refractivity (Wildman–Crippen MR) is 51.8 cm³/mol. The van der Waals surface area contributed by atoms with E-state index in [1.807, 2.05) is 0 Å². The molecule has 0 radical (unpaired) electrons. The molecule has 2 N–H and O–H groups in total. The molecule has 1 aromatic heterocycles. The van der Waals surface area contributed by atoms with Crippen molar-refractivity contribution >= 4 is 0 Å². The first-order chi connectivity index (χ1) is 7.29. The first-order valence-electron chi connectivity index (χ1n) is 4.80. The summed E-state index contributed by atoms with van der Waals surface area (Å²) in [5.74, 6) is 0.924. The lowest BCUT2D eigenvalue weighted by Gasteiger charge is -2.20. The number of aryl methyl sites for hydroxylation is 1. The summed E-state index contributed by atoms with van der Waals surface area (Å²) in [6, 6.07) is 2.65. The molecule has 2 atom stereocenters. The summed E-state index contributed by atoms with van der Waals surface area (Å²) in [5.41, 5.74) is 5.55. The van der Waals surface area contributed by atoms with Gasteiger partial charge in [0.15, 0.2) is 0 Å². The van der Waals surface area contributed by atoms with Crippen molar-refractivity contribution in [3.05, 3.63) is 23.7 Å². The lowest BCUT2D eigenvalue weighted by Crippen LogP contribution is -2.30. The molecule has 0 bridgehead atoms. The van der Waals surface area contributed by atoms with E-state index in [1.54, 1.807) is 26.0 Å². The highest BCUT2D eigenvalue weighted by atomic mass is 19.4. The van der Waals surface area contributed by atoms with Gasteiger partial charge in [0.25, 0.3) is 0 Å². The van der Waals surface area contributed by atoms with Gasteiger partial charge >= 0.3 is 6.18 Å². The monoisotopic (exact) mass is 237 g/mol. The van der Waals surface area contributed by atoms with Crippen LogP contribution >= 0.6 is 0 Å². The van der Waals surface area contributed by atoms with Crippen LogP contribution in [0.25, 0.3) is 0 Å². The van der Waals surface area contributed by atoms with Crippen molar-refractivity contribution in [1.29, 1.82) is 0 Å². The Kier molecular flexibility index (Phi) is 3.98. The Morgan fingerprint density at radius 3 is 2.44 bits per heavy atom. The van der Waals surface area contributed by atoms with Gasteiger partial charge in [-0.1, -0.05) is 0 Å². The van der Waals surface area contributed by atoms with Crippen LogP contribution in [0.5, 0.6) is 0 Å². The van der Waals surface area contributed by atoms with Crippen molar-refractivity contribution in [3.63, 3.8) is 0 Å². The Morgan fingerprint density at radius 2 is 2.06 bits per heavy atom. The molecule has 1 aromatic rings. The fraction of sp³-hybridized carbons (Fsp3) is 0.600. The molecule has 0 fully saturated rings. The molecule has 0 aromatic carbocycles. The summed E-state index contributed by atoms with van der Waals surface area (Å²) >= 11 is 0. The van der Waals surface area contributed by atoms with Gasteiger partial charge in [0, 0.05) is 6.04 Å². The van der Waals surface area contributed by atoms with Crippen LogP contribution in [-0.2, 0) is 4.74 Å². The molecular weight excluding hydrogens is 223 g/mol. The Hall–Kier alpha value is -1.01. The zero-order chi connectivity index (χ0) is 12.3. The molecule has 16 heavy (non-hydrogen) atoms. The van der Waals surface area contributed by atoms with Crippen LogP contribution in [-0.4, -0.2) is 18.8 Å². The molecule has 0 amide bonds. The van der Waals surface area contributed by atoms with Crippen molar-refractivity contribution in [2.45, 2.75) is 32.2 Å². The number of rotatable bonds is 4. The minimum atomic E-state index is -4.37. The highest BCUT2D eigenvalue weighted by Gasteiger charge is 2.31. The van der Waals surface area contributed by atoms with Crippen LogP contribution in [0.3, 0.4) is 0 Å². The number of alkyl halides is 3. The lowest BCUT2D eigenvalue weighted by atomic mass is 10.1. The van der Waals surface area contributed by atoms with E-state index in [2.05, 4.69) is 0 Å². The van der Waals surface area contributed by atoms with Gasteiger partial charge < -0.3 is 14.9 Å².